The van der Waals surface area contributed by atoms with Gasteiger partial charge in [-0.15, -0.1) is 0 Å². The van der Waals surface area contributed by atoms with Crippen LogP contribution < -0.4 is 11.1 Å². The molecule has 0 radical (unpaired) electrons. The van der Waals surface area contributed by atoms with Crippen LogP contribution in [0.2, 0.25) is 0 Å². The first-order valence-electron chi connectivity index (χ1n) is 6.23. The number of rotatable bonds is 5. The summed E-state index contributed by atoms with van der Waals surface area (Å²) in [5.41, 5.74) is 5.74. The molecule has 0 spiro atoms. The number of aliphatic hydroxyl groups is 1. The maximum atomic E-state index is 11.7. The third-order valence-corrected chi connectivity index (χ3v) is 3.15. The molecule has 0 bridgehead atoms. The minimum atomic E-state index is -0.776. The van der Waals surface area contributed by atoms with E-state index in [1.54, 1.807) is 20.8 Å². The molecule has 1 aromatic heterocycles. The lowest BCUT2D eigenvalue weighted by molar-refractivity contribution is 0.0416. The fraction of sp³-hybridized carbons (Fsp3) is 0.615. The van der Waals surface area contributed by atoms with Crippen molar-refractivity contribution in [2.24, 2.45) is 5.73 Å². The molecular formula is C13H22N2O3S. The van der Waals surface area contributed by atoms with Crippen molar-refractivity contribution in [3.05, 3.63) is 22.4 Å². The van der Waals surface area contributed by atoms with Gasteiger partial charge in [0.15, 0.2) is 0 Å². The maximum absolute atomic E-state index is 11.7. The number of aliphatic hydroxyl groups excluding tert-OH is 1. The van der Waals surface area contributed by atoms with Crippen LogP contribution in [-0.2, 0) is 4.74 Å². The lowest BCUT2D eigenvalue weighted by Crippen LogP contribution is -2.43. The number of hydrogen-bond acceptors (Lipinski definition) is 5. The van der Waals surface area contributed by atoms with Crippen molar-refractivity contribution in [3.63, 3.8) is 0 Å². The molecule has 0 aliphatic rings. The molecule has 0 saturated carbocycles. The van der Waals surface area contributed by atoms with Crippen LogP contribution in [-0.4, -0.2) is 29.4 Å². The van der Waals surface area contributed by atoms with Crippen LogP contribution in [0, 0.1) is 0 Å². The van der Waals surface area contributed by atoms with Crippen molar-refractivity contribution in [2.45, 2.75) is 44.9 Å². The Morgan fingerprint density at radius 3 is 2.74 bits per heavy atom. The van der Waals surface area contributed by atoms with Crippen molar-refractivity contribution >= 4 is 17.4 Å². The number of nitrogens with one attached hydrogen (secondary N) is 1. The number of carbonyl (C=O) groups is 1. The highest BCUT2D eigenvalue weighted by atomic mass is 32.1. The Morgan fingerprint density at radius 2 is 2.26 bits per heavy atom. The standard InChI is InChI=1S/C13H22N2O3S/c1-13(2,3)18-12(17)15-10(4-6-14)11(16)9-5-7-19-8-9/h5,7-8,10-11,16H,4,6,14H2,1-3H3,(H,15,17). The molecule has 1 rings (SSSR count). The molecule has 5 nitrogen and oxygen atoms in total. The molecule has 6 heteroatoms. The number of thiophene rings is 1. The molecule has 1 heterocycles. The maximum Gasteiger partial charge on any atom is 0.407 e. The van der Waals surface area contributed by atoms with Crippen molar-refractivity contribution in [1.29, 1.82) is 0 Å². The van der Waals surface area contributed by atoms with Crippen LogP contribution in [0.3, 0.4) is 0 Å². The summed E-state index contributed by atoms with van der Waals surface area (Å²) < 4.78 is 5.18. The normalized spacial score (nSPS) is 14.8. The van der Waals surface area contributed by atoms with Gasteiger partial charge in [-0.1, -0.05) is 0 Å². The summed E-state index contributed by atoms with van der Waals surface area (Å²) in [7, 11) is 0. The zero-order chi connectivity index (χ0) is 14.5. The van der Waals surface area contributed by atoms with Gasteiger partial charge < -0.3 is 20.9 Å². The highest BCUT2D eigenvalue weighted by Crippen LogP contribution is 2.21. The first-order valence-corrected chi connectivity index (χ1v) is 7.17. The number of ether oxygens (including phenoxy) is 1. The molecule has 2 atom stereocenters. The van der Waals surface area contributed by atoms with E-state index in [0.717, 1.165) is 5.56 Å². The molecule has 0 aliphatic heterocycles. The van der Waals surface area contributed by atoms with E-state index in [9.17, 15) is 9.90 Å². The van der Waals surface area contributed by atoms with Gasteiger partial charge >= 0.3 is 6.09 Å². The van der Waals surface area contributed by atoms with Gasteiger partial charge in [0.2, 0.25) is 0 Å². The highest BCUT2D eigenvalue weighted by molar-refractivity contribution is 7.07. The zero-order valence-corrected chi connectivity index (χ0v) is 12.4. The molecule has 19 heavy (non-hydrogen) atoms. The van der Waals surface area contributed by atoms with E-state index in [0.29, 0.717) is 13.0 Å². The third-order valence-electron chi connectivity index (χ3n) is 2.45. The van der Waals surface area contributed by atoms with E-state index < -0.39 is 23.8 Å². The van der Waals surface area contributed by atoms with Crippen molar-refractivity contribution in [2.75, 3.05) is 6.54 Å². The van der Waals surface area contributed by atoms with Gasteiger partial charge in [-0.3, -0.25) is 0 Å². The summed E-state index contributed by atoms with van der Waals surface area (Å²) in [5.74, 6) is 0. The Hall–Kier alpha value is -1.11. The topological polar surface area (TPSA) is 84.6 Å². The average molecular weight is 286 g/mol. The molecule has 1 amide bonds. The van der Waals surface area contributed by atoms with Crippen LogP contribution in [0.25, 0.3) is 0 Å². The van der Waals surface area contributed by atoms with Gasteiger partial charge in [-0.2, -0.15) is 11.3 Å². The van der Waals surface area contributed by atoms with Gasteiger partial charge in [0.05, 0.1) is 6.04 Å². The predicted molar refractivity (Wildman–Crippen MR) is 76.1 cm³/mol. The quantitative estimate of drug-likeness (QED) is 0.773. The third kappa shape index (κ3) is 5.59. The number of hydrogen-bond donors (Lipinski definition) is 3. The second-order valence-electron chi connectivity index (χ2n) is 5.33. The van der Waals surface area contributed by atoms with Crippen molar-refractivity contribution in [3.8, 4) is 0 Å². The van der Waals surface area contributed by atoms with Gasteiger partial charge in [0, 0.05) is 0 Å². The molecular weight excluding hydrogens is 264 g/mol. The molecule has 1 aromatic rings. The van der Waals surface area contributed by atoms with E-state index in [-0.39, 0.29) is 0 Å². The van der Waals surface area contributed by atoms with E-state index in [4.69, 9.17) is 10.5 Å². The molecule has 0 saturated heterocycles. The van der Waals surface area contributed by atoms with E-state index in [1.807, 2.05) is 16.8 Å². The number of amides is 1. The van der Waals surface area contributed by atoms with Gasteiger partial charge in [0.1, 0.15) is 11.7 Å². The number of carbonyl (C=O) groups excluding carboxylic acids is 1. The summed E-state index contributed by atoms with van der Waals surface area (Å²) >= 11 is 1.50. The highest BCUT2D eigenvalue weighted by Gasteiger charge is 2.25. The largest absolute Gasteiger partial charge is 0.444 e. The van der Waals surface area contributed by atoms with E-state index >= 15 is 0 Å². The SMILES string of the molecule is CC(C)(C)OC(=O)NC(CCN)C(O)c1ccsc1. The lowest BCUT2D eigenvalue weighted by atomic mass is 10.0. The van der Waals surface area contributed by atoms with Crippen LogP contribution in [0.15, 0.2) is 16.8 Å². The fourth-order valence-corrected chi connectivity index (χ4v) is 2.31. The number of nitrogens with two attached hydrogens (primary N) is 1. The Labute approximate surface area is 117 Å². The monoisotopic (exact) mass is 286 g/mol. The average Bonchev–Trinajstić information content (AvgIpc) is 2.78. The summed E-state index contributed by atoms with van der Waals surface area (Å²) in [6, 6.07) is 1.38. The molecule has 0 aliphatic carbocycles. The van der Waals surface area contributed by atoms with Crippen LogP contribution in [0.1, 0.15) is 38.9 Å². The molecule has 0 aromatic carbocycles. The van der Waals surface area contributed by atoms with E-state index in [1.165, 1.54) is 11.3 Å². The lowest BCUT2D eigenvalue weighted by Gasteiger charge is -2.26. The Balaban J connectivity index is 2.65. The summed E-state index contributed by atoms with van der Waals surface area (Å²) in [6.07, 6.45) is -0.835. The second kappa shape index (κ2) is 6.88. The Morgan fingerprint density at radius 1 is 1.58 bits per heavy atom. The summed E-state index contributed by atoms with van der Waals surface area (Å²) in [6.45, 7) is 5.75. The number of alkyl carbamates (subject to hydrolysis) is 1. The molecule has 0 fully saturated rings. The second-order valence-corrected chi connectivity index (χ2v) is 6.11. The molecule has 2 unspecified atom stereocenters. The van der Waals surface area contributed by atoms with Crippen LogP contribution in [0.5, 0.6) is 0 Å². The van der Waals surface area contributed by atoms with Crippen LogP contribution in [0.4, 0.5) is 4.79 Å². The molecule has 4 N–H and O–H groups in total. The van der Waals surface area contributed by atoms with Crippen molar-refractivity contribution in [1.82, 2.24) is 5.32 Å². The Bertz CT molecular complexity index is 387. The van der Waals surface area contributed by atoms with Gasteiger partial charge in [-0.25, -0.2) is 4.79 Å². The first-order chi connectivity index (χ1) is 8.83. The Kier molecular flexibility index (Phi) is 5.78. The summed E-state index contributed by atoms with van der Waals surface area (Å²) in [5, 5.41) is 16.6. The summed E-state index contributed by atoms with van der Waals surface area (Å²) in [4.78, 5) is 11.7. The van der Waals surface area contributed by atoms with Crippen molar-refractivity contribution < 1.29 is 14.6 Å². The predicted octanol–water partition coefficient (Wildman–Crippen LogP) is 2.02. The molecule has 108 valence electrons. The first kappa shape index (κ1) is 15.9. The van der Waals surface area contributed by atoms with Gasteiger partial charge in [0.25, 0.3) is 0 Å². The van der Waals surface area contributed by atoms with Gasteiger partial charge in [-0.05, 0) is 56.1 Å². The minimum Gasteiger partial charge on any atom is -0.444 e. The smallest absolute Gasteiger partial charge is 0.407 e. The van der Waals surface area contributed by atoms with E-state index in [2.05, 4.69) is 5.32 Å². The zero-order valence-electron chi connectivity index (χ0n) is 11.6. The minimum absolute atomic E-state index is 0.377. The van der Waals surface area contributed by atoms with Crippen LogP contribution >= 0.6 is 11.3 Å². The fourth-order valence-electron chi connectivity index (χ4n) is 1.62.